The van der Waals surface area contributed by atoms with Gasteiger partial charge in [-0.1, -0.05) is 42.5 Å². The van der Waals surface area contributed by atoms with E-state index >= 15 is 0 Å². The normalized spacial score (nSPS) is 13.9. The number of hydrogen-bond donors (Lipinski definition) is 2. The minimum absolute atomic E-state index is 0.804. The number of imidazole rings is 1. The molecule has 0 amide bonds. The number of fused-ring (bicyclic) bond motifs is 2. The number of rotatable bonds is 3. The predicted octanol–water partition coefficient (Wildman–Crippen LogP) is 2.99. The fourth-order valence-electron chi connectivity index (χ4n) is 3.56. The number of H-pyrrole nitrogens is 1. The van der Waals surface area contributed by atoms with E-state index in [1.807, 2.05) is 35.0 Å². The maximum absolute atomic E-state index is 4.94. The van der Waals surface area contributed by atoms with Crippen LogP contribution in [0.5, 0.6) is 0 Å². The quantitative estimate of drug-likeness (QED) is 0.607. The van der Waals surface area contributed by atoms with Gasteiger partial charge in [-0.15, -0.1) is 0 Å². The Labute approximate surface area is 145 Å². The van der Waals surface area contributed by atoms with Crippen LogP contribution >= 0.6 is 0 Å². The number of aromatic nitrogens is 4. The third-order valence-electron chi connectivity index (χ3n) is 4.81. The summed E-state index contributed by atoms with van der Waals surface area (Å²) >= 11 is 0. The summed E-state index contributed by atoms with van der Waals surface area (Å²) in [5.41, 5.74) is 7.01. The van der Waals surface area contributed by atoms with Crippen molar-refractivity contribution in [2.24, 2.45) is 0 Å². The molecular formula is C20H19N5. The molecule has 25 heavy (non-hydrogen) atoms. The zero-order valence-electron chi connectivity index (χ0n) is 13.9. The SMILES string of the molecule is c1ccc(Cc2nn(-c3nc4ccccc4[nH]3)c3c2CNCC3)cc1. The van der Waals surface area contributed by atoms with Crippen molar-refractivity contribution in [1.82, 2.24) is 25.1 Å². The molecular weight excluding hydrogens is 310 g/mol. The highest BCUT2D eigenvalue weighted by atomic mass is 15.4. The topological polar surface area (TPSA) is 58.5 Å². The minimum Gasteiger partial charge on any atom is -0.322 e. The summed E-state index contributed by atoms with van der Waals surface area (Å²) in [6.45, 7) is 1.85. The van der Waals surface area contributed by atoms with Crippen molar-refractivity contribution in [1.29, 1.82) is 0 Å². The van der Waals surface area contributed by atoms with E-state index in [-0.39, 0.29) is 0 Å². The van der Waals surface area contributed by atoms with Crippen LogP contribution < -0.4 is 5.32 Å². The van der Waals surface area contributed by atoms with Crippen LogP contribution in [0, 0.1) is 0 Å². The van der Waals surface area contributed by atoms with Crippen molar-refractivity contribution >= 4 is 11.0 Å². The van der Waals surface area contributed by atoms with Gasteiger partial charge in [-0.05, 0) is 17.7 Å². The van der Waals surface area contributed by atoms with E-state index in [1.54, 1.807) is 0 Å². The van der Waals surface area contributed by atoms with Crippen molar-refractivity contribution in [2.45, 2.75) is 19.4 Å². The first kappa shape index (κ1) is 14.4. The van der Waals surface area contributed by atoms with Crippen LogP contribution in [0.3, 0.4) is 0 Å². The largest absolute Gasteiger partial charge is 0.322 e. The zero-order chi connectivity index (χ0) is 16.6. The molecule has 5 heteroatoms. The Morgan fingerprint density at radius 1 is 1.00 bits per heavy atom. The van der Waals surface area contributed by atoms with E-state index in [2.05, 4.69) is 34.6 Å². The van der Waals surface area contributed by atoms with Gasteiger partial charge in [0, 0.05) is 31.5 Å². The standard InChI is InChI=1S/C20H19N5/c1-2-6-14(7-3-1)12-18-15-13-21-11-10-19(15)25(24-18)20-22-16-8-4-5-9-17(16)23-20/h1-9,21H,10-13H2,(H,22,23). The van der Waals surface area contributed by atoms with Gasteiger partial charge in [-0.2, -0.15) is 5.10 Å². The van der Waals surface area contributed by atoms with E-state index in [9.17, 15) is 0 Å². The molecule has 124 valence electrons. The summed E-state index contributed by atoms with van der Waals surface area (Å²) in [6, 6.07) is 18.6. The smallest absolute Gasteiger partial charge is 0.229 e. The van der Waals surface area contributed by atoms with Crippen LogP contribution in [0.4, 0.5) is 0 Å². The molecule has 5 nitrogen and oxygen atoms in total. The van der Waals surface area contributed by atoms with E-state index in [4.69, 9.17) is 10.1 Å². The molecule has 0 saturated heterocycles. The molecule has 0 atom stereocenters. The van der Waals surface area contributed by atoms with Crippen molar-refractivity contribution in [3.8, 4) is 5.95 Å². The highest BCUT2D eigenvalue weighted by Gasteiger charge is 2.22. The highest BCUT2D eigenvalue weighted by Crippen LogP contribution is 2.24. The van der Waals surface area contributed by atoms with Crippen molar-refractivity contribution < 1.29 is 0 Å². The first-order valence-corrected chi connectivity index (χ1v) is 8.68. The molecule has 0 unspecified atom stereocenters. The van der Waals surface area contributed by atoms with Gasteiger partial charge < -0.3 is 10.3 Å². The van der Waals surface area contributed by atoms with Crippen LogP contribution in [-0.4, -0.2) is 26.3 Å². The molecule has 1 aliphatic rings. The fourth-order valence-corrected chi connectivity index (χ4v) is 3.56. The van der Waals surface area contributed by atoms with Crippen molar-refractivity contribution in [3.05, 3.63) is 77.1 Å². The maximum Gasteiger partial charge on any atom is 0.229 e. The Bertz CT molecular complexity index is 996. The van der Waals surface area contributed by atoms with Gasteiger partial charge in [0.15, 0.2) is 0 Å². The van der Waals surface area contributed by atoms with Crippen LogP contribution in [0.15, 0.2) is 54.6 Å². The molecule has 0 saturated carbocycles. The molecule has 1 aliphatic heterocycles. The lowest BCUT2D eigenvalue weighted by Crippen LogP contribution is -2.25. The summed E-state index contributed by atoms with van der Waals surface area (Å²) in [5, 5.41) is 8.41. The summed E-state index contributed by atoms with van der Waals surface area (Å²) in [6.07, 6.45) is 1.81. The number of para-hydroxylation sites is 2. The van der Waals surface area contributed by atoms with Gasteiger partial charge in [0.1, 0.15) is 0 Å². The number of nitrogens with zero attached hydrogens (tertiary/aromatic N) is 3. The number of aromatic amines is 1. The minimum atomic E-state index is 0.804. The lowest BCUT2D eigenvalue weighted by Gasteiger charge is -2.14. The predicted molar refractivity (Wildman–Crippen MR) is 97.9 cm³/mol. The van der Waals surface area contributed by atoms with Crippen LogP contribution in [0.25, 0.3) is 17.0 Å². The number of hydrogen-bond acceptors (Lipinski definition) is 3. The summed E-state index contributed by atoms with van der Waals surface area (Å²) in [5.74, 6) is 0.804. The van der Waals surface area contributed by atoms with Gasteiger partial charge in [0.2, 0.25) is 5.95 Å². The van der Waals surface area contributed by atoms with Crippen LogP contribution in [0.2, 0.25) is 0 Å². The summed E-state index contributed by atoms with van der Waals surface area (Å²) < 4.78 is 2.01. The molecule has 0 bridgehead atoms. The first-order valence-electron chi connectivity index (χ1n) is 8.68. The molecule has 2 aromatic heterocycles. The van der Waals surface area contributed by atoms with Gasteiger partial charge in [0.05, 0.1) is 22.4 Å². The second kappa shape index (κ2) is 5.86. The van der Waals surface area contributed by atoms with Gasteiger partial charge in [-0.3, -0.25) is 0 Å². The van der Waals surface area contributed by atoms with E-state index in [0.717, 1.165) is 48.6 Å². The molecule has 0 aliphatic carbocycles. The molecule has 0 spiro atoms. The van der Waals surface area contributed by atoms with Gasteiger partial charge in [-0.25, -0.2) is 9.67 Å². The molecule has 0 fully saturated rings. The van der Waals surface area contributed by atoms with E-state index in [0.29, 0.717) is 0 Å². The number of nitrogens with one attached hydrogen (secondary N) is 2. The lowest BCUT2D eigenvalue weighted by atomic mass is 10.0. The van der Waals surface area contributed by atoms with Crippen molar-refractivity contribution in [3.63, 3.8) is 0 Å². The molecule has 0 radical (unpaired) electrons. The van der Waals surface area contributed by atoms with E-state index < -0.39 is 0 Å². The molecule has 5 rings (SSSR count). The zero-order valence-corrected chi connectivity index (χ0v) is 13.9. The second-order valence-electron chi connectivity index (χ2n) is 6.45. The molecule has 2 N–H and O–H groups in total. The maximum atomic E-state index is 4.94. The lowest BCUT2D eigenvalue weighted by molar-refractivity contribution is 0.618. The second-order valence-corrected chi connectivity index (χ2v) is 6.45. The molecule has 4 aromatic rings. The Hall–Kier alpha value is -2.92. The Kier molecular flexibility index (Phi) is 3.38. The average molecular weight is 329 g/mol. The summed E-state index contributed by atoms with van der Waals surface area (Å²) in [4.78, 5) is 8.14. The van der Waals surface area contributed by atoms with E-state index in [1.165, 1.54) is 16.8 Å². The highest BCUT2D eigenvalue weighted by molar-refractivity contribution is 5.76. The van der Waals surface area contributed by atoms with Crippen molar-refractivity contribution in [2.75, 3.05) is 6.54 Å². The molecule has 2 aromatic carbocycles. The van der Waals surface area contributed by atoms with Gasteiger partial charge in [0.25, 0.3) is 0 Å². The monoisotopic (exact) mass is 329 g/mol. The Morgan fingerprint density at radius 3 is 2.72 bits per heavy atom. The number of benzene rings is 2. The Morgan fingerprint density at radius 2 is 1.84 bits per heavy atom. The molecule has 3 heterocycles. The Balaban J connectivity index is 1.62. The van der Waals surface area contributed by atoms with Crippen LogP contribution in [-0.2, 0) is 19.4 Å². The third kappa shape index (κ3) is 2.53. The average Bonchev–Trinajstić information content (AvgIpc) is 3.24. The van der Waals surface area contributed by atoms with Crippen LogP contribution in [0.1, 0.15) is 22.5 Å². The summed E-state index contributed by atoms with van der Waals surface area (Å²) in [7, 11) is 0. The first-order chi connectivity index (χ1) is 12.4. The third-order valence-corrected chi connectivity index (χ3v) is 4.81. The van der Waals surface area contributed by atoms with Gasteiger partial charge >= 0.3 is 0 Å². The fraction of sp³-hybridized carbons (Fsp3) is 0.200.